The van der Waals surface area contributed by atoms with Crippen LogP contribution in [0.2, 0.25) is 0 Å². The molecule has 0 saturated heterocycles. The van der Waals surface area contributed by atoms with E-state index in [1.807, 2.05) is 0 Å². The number of hydrogen-bond donors (Lipinski definition) is 3. The Kier molecular flexibility index (Phi) is 9.19. The first kappa shape index (κ1) is 15.7. The molecule has 0 spiro atoms. The Morgan fingerprint density at radius 3 is 2.29 bits per heavy atom. The zero-order chi connectivity index (χ0) is 13.1. The van der Waals surface area contributed by atoms with Crippen molar-refractivity contribution in [2.45, 2.75) is 46.0 Å². The lowest BCUT2D eigenvalue weighted by atomic mass is 10.0. The minimum absolute atomic E-state index is 0.333. The van der Waals surface area contributed by atoms with Gasteiger partial charge in [-0.15, -0.1) is 0 Å². The van der Waals surface area contributed by atoms with Crippen LogP contribution in [0.5, 0.6) is 0 Å². The van der Waals surface area contributed by atoms with Gasteiger partial charge in [0, 0.05) is 6.54 Å². The van der Waals surface area contributed by atoms with Gasteiger partial charge in [-0.3, -0.25) is 4.79 Å². The first-order chi connectivity index (χ1) is 8.02. The summed E-state index contributed by atoms with van der Waals surface area (Å²) in [5, 5.41) is 13.2. The summed E-state index contributed by atoms with van der Waals surface area (Å²) in [6.07, 6.45) is 5.73. The summed E-state index contributed by atoms with van der Waals surface area (Å²) >= 11 is 0. The molecule has 0 bridgehead atoms. The molecule has 0 fully saturated rings. The van der Waals surface area contributed by atoms with Crippen molar-refractivity contribution < 1.29 is 14.7 Å². The number of carbonyl (C=O) groups is 2. The van der Waals surface area contributed by atoms with Crippen LogP contribution in [-0.2, 0) is 4.79 Å². The second-order valence-corrected chi connectivity index (χ2v) is 4.60. The number of rotatable bonds is 9. The van der Waals surface area contributed by atoms with E-state index in [0.29, 0.717) is 6.54 Å². The van der Waals surface area contributed by atoms with Crippen molar-refractivity contribution in [3.8, 4) is 0 Å². The van der Waals surface area contributed by atoms with Gasteiger partial charge in [0.05, 0.1) is 0 Å². The van der Waals surface area contributed by atoms with E-state index in [1.54, 1.807) is 0 Å². The Morgan fingerprint density at radius 2 is 1.71 bits per heavy atom. The molecule has 0 aromatic rings. The van der Waals surface area contributed by atoms with Crippen LogP contribution in [0, 0.1) is 5.92 Å². The Bertz CT molecular complexity index is 230. The third-order valence-corrected chi connectivity index (χ3v) is 2.39. The van der Waals surface area contributed by atoms with Gasteiger partial charge in [-0.1, -0.05) is 39.5 Å². The van der Waals surface area contributed by atoms with E-state index in [0.717, 1.165) is 18.8 Å². The lowest BCUT2D eigenvalue weighted by Crippen LogP contribution is -2.38. The third kappa shape index (κ3) is 12.7. The highest BCUT2D eigenvalue weighted by molar-refractivity contribution is 5.79. The fraction of sp³-hybridized carbons (Fsp3) is 0.833. The monoisotopic (exact) mass is 244 g/mol. The maximum Gasteiger partial charge on any atom is 0.323 e. The number of amides is 2. The lowest BCUT2D eigenvalue weighted by Gasteiger charge is -2.06. The van der Waals surface area contributed by atoms with Gasteiger partial charge < -0.3 is 15.7 Å². The average Bonchev–Trinajstić information content (AvgIpc) is 2.24. The Labute approximate surface area is 103 Å². The van der Waals surface area contributed by atoms with Crippen molar-refractivity contribution in [1.29, 1.82) is 0 Å². The summed E-state index contributed by atoms with van der Waals surface area (Å²) < 4.78 is 0. The minimum Gasteiger partial charge on any atom is -0.480 e. The Hall–Kier alpha value is -1.26. The summed E-state index contributed by atoms with van der Waals surface area (Å²) in [6.45, 7) is 4.70. The molecule has 2 amide bonds. The smallest absolute Gasteiger partial charge is 0.323 e. The average molecular weight is 244 g/mol. The highest BCUT2D eigenvalue weighted by atomic mass is 16.4. The lowest BCUT2D eigenvalue weighted by molar-refractivity contribution is -0.135. The molecule has 0 heterocycles. The van der Waals surface area contributed by atoms with Gasteiger partial charge >= 0.3 is 12.0 Å². The molecule has 0 rings (SSSR count). The predicted molar refractivity (Wildman–Crippen MR) is 67.0 cm³/mol. The van der Waals surface area contributed by atoms with E-state index in [4.69, 9.17) is 5.11 Å². The standard InChI is InChI=1S/C12H24N2O3/c1-10(2)7-5-3-4-6-8-13-12(17)14-9-11(15)16/h10H,3-9H2,1-2H3,(H,15,16)(H2,13,14,17). The molecule has 0 aromatic heterocycles. The molecule has 17 heavy (non-hydrogen) atoms. The molecule has 0 radical (unpaired) electrons. The van der Waals surface area contributed by atoms with Gasteiger partial charge in [0.1, 0.15) is 6.54 Å². The Balaban J connectivity index is 3.22. The molecule has 5 nitrogen and oxygen atoms in total. The highest BCUT2D eigenvalue weighted by Gasteiger charge is 2.01. The second-order valence-electron chi connectivity index (χ2n) is 4.60. The maximum atomic E-state index is 11.0. The molecule has 0 saturated carbocycles. The largest absolute Gasteiger partial charge is 0.480 e. The second kappa shape index (κ2) is 9.93. The van der Waals surface area contributed by atoms with Crippen molar-refractivity contribution in [3.63, 3.8) is 0 Å². The topological polar surface area (TPSA) is 78.4 Å². The molecular formula is C12H24N2O3. The molecule has 0 aromatic carbocycles. The van der Waals surface area contributed by atoms with Gasteiger partial charge in [-0.25, -0.2) is 4.79 Å². The molecule has 3 N–H and O–H groups in total. The molecule has 100 valence electrons. The number of hydrogen-bond acceptors (Lipinski definition) is 2. The van der Waals surface area contributed by atoms with Gasteiger partial charge in [-0.2, -0.15) is 0 Å². The molecule has 5 heteroatoms. The van der Waals surface area contributed by atoms with Gasteiger partial charge in [0.25, 0.3) is 0 Å². The first-order valence-corrected chi connectivity index (χ1v) is 6.26. The van der Waals surface area contributed by atoms with Crippen molar-refractivity contribution in [2.24, 2.45) is 5.92 Å². The fourth-order valence-electron chi connectivity index (χ4n) is 1.45. The fourth-order valence-corrected chi connectivity index (χ4v) is 1.45. The number of nitrogens with one attached hydrogen (secondary N) is 2. The first-order valence-electron chi connectivity index (χ1n) is 6.26. The summed E-state index contributed by atoms with van der Waals surface area (Å²) in [7, 11) is 0. The van der Waals surface area contributed by atoms with Crippen molar-refractivity contribution in [1.82, 2.24) is 10.6 Å². The molecular weight excluding hydrogens is 220 g/mol. The van der Waals surface area contributed by atoms with E-state index < -0.39 is 12.0 Å². The van der Waals surface area contributed by atoms with E-state index >= 15 is 0 Å². The number of carboxylic acids is 1. The van der Waals surface area contributed by atoms with Crippen LogP contribution in [0.25, 0.3) is 0 Å². The van der Waals surface area contributed by atoms with Crippen molar-refractivity contribution >= 4 is 12.0 Å². The van der Waals surface area contributed by atoms with Crippen molar-refractivity contribution in [3.05, 3.63) is 0 Å². The van der Waals surface area contributed by atoms with Crippen LogP contribution in [-0.4, -0.2) is 30.2 Å². The van der Waals surface area contributed by atoms with Crippen LogP contribution < -0.4 is 10.6 Å². The number of carboxylic acid groups (broad SMARTS) is 1. The van der Waals surface area contributed by atoms with Gasteiger partial charge in [-0.05, 0) is 12.3 Å². The van der Waals surface area contributed by atoms with Crippen LogP contribution in [0.1, 0.15) is 46.0 Å². The summed E-state index contributed by atoms with van der Waals surface area (Å²) in [5.41, 5.74) is 0. The molecule has 0 aliphatic carbocycles. The normalized spacial score (nSPS) is 10.3. The zero-order valence-electron chi connectivity index (χ0n) is 10.8. The highest BCUT2D eigenvalue weighted by Crippen LogP contribution is 2.08. The molecule has 0 atom stereocenters. The minimum atomic E-state index is -1.03. The van der Waals surface area contributed by atoms with E-state index in [1.165, 1.54) is 19.3 Å². The van der Waals surface area contributed by atoms with Gasteiger partial charge in [0.2, 0.25) is 0 Å². The van der Waals surface area contributed by atoms with E-state index in [-0.39, 0.29) is 6.54 Å². The zero-order valence-corrected chi connectivity index (χ0v) is 10.8. The molecule has 0 unspecified atom stereocenters. The molecule has 0 aliphatic rings. The number of carbonyl (C=O) groups excluding carboxylic acids is 1. The van der Waals surface area contributed by atoms with Crippen LogP contribution in [0.3, 0.4) is 0 Å². The predicted octanol–water partition coefficient (Wildman–Crippen LogP) is 1.98. The third-order valence-electron chi connectivity index (χ3n) is 2.39. The summed E-state index contributed by atoms with van der Waals surface area (Å²) in [6, 6.07) is -0.408. The van der Waals surface area contributed by atoms with Crippen LogP contribution >= 0.6 is 0 Å². The summed E-state index contributed by atoms with van der Waals surface area (Å²) in [4.78, 5) is 21.2. The Morgan fingerprint density at radius 1 is 1.06 bits per heavy atom. The van der Waals surface area contributed by atoms with Crippen LogP contribution in [0.4, 0.5) is 4.79 Å². The van der Waals surface area contributed by atoms with E-state index in [2.05, 4.69) is 24.5 Å². The quantitative estimate of drug-likeness (QED) is 0.543. The van der Waals surface area contributed by atoms with Crippen molar-refractivity contribution in [2.75, 3.05) is 13.1 Å². The number of unbranched alkanes of at least 4 members (excludes halogenated alkanes) is 3. The SMILES string of the molecule is CC(C)CCCCCCNC(=O)NCC(=O)O. The van der Waals surface area contributed by atoms with Gasteiger partial charge in [0.15, 0.2) is 0 Å². The summed E-state index contributed by atoms with van der Waals surface area (Å²) in [5.74, 6) is -0.274. The van der Waals surface area contributed by atoms with Crippen LogP contribution in [0.15, 0.2) is 0 Å². The van der Waals surface area contributed by atoms with E-state index in [9.17, 15) is 9.59 Å². The number of aliphatic carboxylic acids is 1. The maximum absolute atomic E-state index is 11.0. The number of urea groups is 1. The molecule has 0 aliphatic heterocycles.